The van der Waals surface area contributed by atoms with E-state index in [4.69, 9.17) is 9.84 Å². The smallest absolute Gasteiger partial charge is 0.249 e. The van der Waals surface area contributed by atoms with Crippen molar-refractivity contribution in [3.8, 4) is 0 Å². The van der Waals surface area contributed by atoms with Crippen LogP contribution in [0.25, 0.3) is 0 Å². The van der Waals surface area contributed by atoms with Gasteiger partial charge in [-0.05, 0) is 19.3 Å². The standard InChI is InChI=1S/C9H15NO3/c11-6-9(3-1-4-9)10-8(12)7-2-5-13-7/h7,11H,1-6H2,(H,10,12). The molecule has 2 aliphatic rings. The summed E-state index contributed by atoms with van der Waals surface area (Å²) in [6, 6.07) is 0. The van der Waals surface area contributed by atoms with Crippen LogP contribution in [0, 0.1) is 0 Å². The third kappa shape index (κ3) is 1.56. The van der Waals surface area contributed by atoms with Crippen molar-refractivity contribution in [2.24, 2.45) is 0 Å². The van der Waals surface area contributed by atoms with E-state index in [9.17, 15) is 4.79 Å². The molecule has 0 aromatic rings. The maximum Gasteiger partial charge on any atom is 0.249 e. The zero-order valence-corrected chi connectivity index (χ0v) is 7.58. The fraction of sp³-hybridized carbons (Fsp3) is 0.889. The van der Waals surface area contributed by atoms with Crippen molar-refractivity contribution < 1.29 is 14.6 Å². The molecule has 1 aliphatic heterocycles. The predicted molar refractivity (Wildman–Crippen MR) is 46.2 cm³/mol. The first kappa shape index (κ1) is 8.97. The highest BCUT2D eigenvalue weighted by Crippen LogP contribution is 2.31. The summed E-state index contributed by atoms with van der Waals surface area (Å²) in [5.41, 5.74) is -0.323. The van der Waals surface area contributed by atoms with Crippen LogP contribution in [0.1, 0.15) is 25.7 Å². The molecule has 1 aliphatic carbocycles. The molecule has 0 aromatic heterocycles. The van der Waals surface area contributed by atoms with Crippen LogP contribution in [0.15, 0.2) is 0 Å². The molecule has 2 N–H and O–H groups in total. The average Bonchev–Trinajstić information content (AvgIpc) is 1.93. The Balaban J connectivity index is 1.84. The lowest BCUT2D eigenvalue weighted by Crippen LogP contribution is -2.59. The Bertz CT molecular complexity index is 203. The number of hydrogen-bond acceptors (Lipinski definition) is 3. The van der Waals surface area contributed by atoms with Crippen LogP contribution in [-0.2, 0) is 9.53 Å². The van der Waals surface area contributed by atoms with Crippen molar-refractivity contribution in [2.75, 3.05) is 13.2 Å². The number of nitrogens with one attached hydrogen (secondary N) is 1. The van der Waals surface area contributed by atoms with Gasteiger partial charge in [-0.15, -0.1) is 0 Å². The first-order chi connectivity index (χ1) is 6.26. The molecular weight excluding hydrogens is 170 g/mol. The summed E-state index contributed by atoms with van der Waals surface area (Å²) < 4.78 is 5.06. The van der Waals surface area contributed by atoms with Gasteiger partial charge < -0.3 is 15.2 Å². The zero-order chi connectivity index (χ0) is 9.31. The van der Waals surface area contributed by atoms with E-state index in [2.05, 4.69) is 5.32 Å². The van der Waals surface area contributed by atoms with Crippen molar-refractivity contribution in [1.29, 1.82) is 0 Å². The van der Waals surface area contributed by atoms with Gasteiger partial charge in [-0.3, -0.25) is 4.79 Å². The molecule has 1 atom stereocenters. The zero-order valence-electron chi connectivity index (χ0n) is 7.58. The van der Waals surface area contributed by atoms with Gasteiger partial charge in [0.2, 0.25) is 5.91 Å². The number of carbonyl (C=O) groups excluding carboxylic acids is 1. The first-order valence-corrected chi connectivity index (χ1v) is 4.80. The SMILES string of the molecule is O=C(NC1(CO)CCC1)C1CCO1. The summed E-state index contributed by atoms with van der Waals surface area (Å²) in [5, 5.41) is 12.0. The Kier molecular flexibility index (Phi) is 2.26. The number of rotatable bonds is 3. The minimum atomic E-state index is -0.323. The lowest BCUT2D eigenvalue weighted by atomic mass is 9.77. The van der Waals surface area contributed by atoms with Gasteiger partial charge in [0.05, 0.1) is 18.8 Å². The third-order valence-electron chi connectivity index (χ3n) is 2.99. The van der Waals surface area contributed by atoms with Crippen molar-refractivity contribution in [3.05, 3.63) is 0 Å². The second-order valence-corrected chi connectivity index (χ2v) is 3.93. The Labute approximate surface area is 77.3 Å². The molecule has 1 unspecified atom stereocenters. The van der Waals surface area contributed by atoms with E-state index in [0.29, 0.717) is 6.61 Å². The van der Waals surface area contributed by atoms with Gasteiger partial charge in [0.15, 0.2) is 0 Å². The van der Waals surface area contributed by atoms with Crippen LogP contribution in [0.4, 0.5) is 0 Å². The molecule has 2 rings (SSSR count). The largest absolute Gasteiger partial charge is 0.394 e. The summed E-state index contributed by atoms with van der Waals surface area (Å²) in [6.07, 6.45) is 3.42. The van der Waals surface area contributed by atoms with Gasteiger partial charge in [-0.25, -0.2) is 0 Å². The molecule has 2 fully saturated rings. The fourth-order valence-electron chi connectivity index (χ4n) is 1.71. The van der Waals surface area contributed by atoms with Gasteiger partial charge in [-0.2, -0.15) is 0 Å². The summed E-state index contributed by atoms with van der Waals surface area (Å²) >= 11 is 0. The summed E-state index contributed by atoms with van der Waals surface area (Å²) in [7, 11) is 0. The van der Waals surface area contributed by atoms with Gasteiger partial charge >= 0.3 is 0 Å². The topological polar surface area (TPSA) is 58.6 Å². The lowest BCUT2D eigenvalue weighted by Gasteiger charge is -2.42. The molecule has 4 heteroatoms. The van der Waals surface area contributed by atoms with Crippen molar-refractivity contribution in [2.45, 2.75) is 37.3 Å². The Hall–Kier alpha value is -0.610. The Morgan fingerprint density at radius 2 is 2.31 bits per heavy atom. The molecule has 13 heavy (non-hydrogen) atoms. The predicted octanol–water partition coefficient (Wildman–Crippen LogP) is -0.194. The molecule has 0 aromatic carbocycles. The van der Waals surface area contributed by atoms with Crippen LogP contribution in [0.3, 0.4) is 0 Å². The number of amides is 1. The Morgan fingerprint density at radius 3 is 2.62 bits per heavy atom. The maximum atomic E-state index is 11.4. The summed E-state index contributed by atoms with van der Waals surface area (Å²) in [4.78, 5) is 11.4. The molecule has 0 spiro atoms. The van der Waals surface area contributed by atoms with Crippen molar-refractivity contribution in [3.63, 3.8) is 0 Å². The normalized spacial score (nSPS) is 30.1. The number of aliphatic hydroxyl groups is 1. The highest BCUT2D eigenvalue weighted by molar-refractivity contribution is 5.82. The minimum Gasteiger partial charge on any atom is -0.394 e. The van der Waals surface area contributed by atoms with Crippen LogP contribution >= 0.6 is 0 Å². The van der Waals surface area contributed by atoms with Crippen molar-refractivity contribution >= 4 is 5.91 Å². The molecule has 1 saturated heterocycles. The number of hydrogen-bond donors (Lipinski definition) is 2. The van der Waals surface area contributed by atoms with Crippen LogP contribution in [0.5, 0.6) is 0 Å². The minimum absolute atomic E-state index is 0.0471. The van der Waals surface area contributed by atoms with E-state index in [-0.39, 0.29) is 24.2 Å². The number of aliphatic hydroxyl groups excluding tert-OH is 1. The quantitative estimate of drug-likeness (QED) is 0.640. The average molecular weight is 185 g/mol. The molecule has 4 nitrogen and oxygen atoms in total. The van der Waals surface area contributed by atoms with Crippen molar-refractivity contribution in [1.82, 2.24) is 5.32 Å². The van der Waals surface area contributed by atoms with Crippen LogP contribution in [-0.4, -0.2) is 35.9 Å². The summed E-state index contributed by atoms with van der Waals surface area (Å²) in [5.74, 6) is -0.0556. The van der Waals surface area contributed by atoms with Gasteiger partial charge in [0, 0.05) is 6.42 Å². The molecular formula is C9H15NO3. The van der Waals surface area contributed by atoms with E-state index in [1.807, 2.05) is 0 Å². The third-order valence-corrected chi connectivity index (χ3v) is 2.99. The number of carbonyl (C=O) groups is 1. The molecule has 0 radical (unpaired) electrons. The highest BCUT2D eigenvalue weighted by atomic mass is 16.5. The van der Waals surface area contributed by atoms with Crippen LogP contribution < -0.4 is 5.32 Å². The molecule has 1 amide bonds. The van der Waals surface area contributed by atoms with Crippen LogP contribution in [0.2, 0.25) is 0 Å². The molecule has 0 bridgehead atoms. The first-order valence-electron chi connectivity index (χ1n) is 4.80. The fourth-order valence-corrected chi connectivity index (χ4v) is 1.71. The molecule has 1 saturated carbocycles. The summed E-state index contributed by atoms with van der Waals surface area (Å²) in [6.45, 7) is 0.732. The maximum absolute atomic E-state index is 11.4. The van der Waals surface area contributed by atoms with E-state index < -0.39 is 0 Å². The van der Waals surface area contributed by atoms with Gasteiger partial charge in [-0.1, -0.05) is 0 Å². The molecule has 74 valence electrons. The second-order valence-electron chi connectivity index (χ2n) is 3.93. The molecule has 1 heterocycles. The van der Waals surface area contributed by atoms with E-state index in [0.717, 1.165) is 25.7 Å². The van der Waals surface area contributed by atoms with E-state index >= 15 is 0 Å². The Morgan fingerprint density at radius 1 is 1.62 bits per heavy atom. The monoisotopic (exact) mass is 185 g/mol. The lowest BCUT2D eigenvalue weighted by molar-refractivity contribution is -0.149. The van der Waals surface area contributed by atoms with Gasteiger partial charge in [0.25, 0.3) is 0 Å². The van der Waals surface area contributed by atoms with Gasteiger partial charge in [0.1, 0.15) is 6.10 Å². The second kappa shape index (κ2) is 3.27. The number of ether oxygens (including phenoxy) is 1. The highest BCUT2D eigenvalue weighted by Gasteiger charge is 2.40. The van der Waals surface area contributed by atoms with E-state index in [1.165, 1.54) is 0 Å². The van der Waals surface area contributed by atoms with E-state index in [1.54, 1.807) is 0 Å².